The van der Waals surface area contributed by atoms with Crippen LogP contribution < -0.4 is 10.2 Å². The van der Waals surface area contributed by atoms with Gasteiger partial charge in [-0.2, -0.15) is 0 Å². The Balaban J connectivity index is 1.78. The lowest BCUT2D eigenvalue weighted by Crippen LogP contribution is -2.54. The highest BCUT2D eigenvalue weighted by Crippen LogP contribution is 2.27. The van der Waals surface area contributed by atoms with E-state index in [0.29, 0.717) is 5.69 Å². The normalized spacial score (nSPS) is 15.5. The molecular formula is C25H23N3O2S. The minimum atomic E-state index is -0.496. The maximum atomic E-state index is 13.4. The molecule has 0 spiro atoms. The molecule has 1 aromatic heterocycles. The molecule has 3 aromatic rings. The monoisotopic (exact) mass is 429 g/mol. The summed E-state index contributed by atoms with van der Waals surface area (Å²) in [5.41, 5.74) is 6.70. The zero-order valence-corrected chi connectivity index (χ0v) is 18.7. The summed E-state index contributed by atoms with van der Waals surface area (Å²) in [4.78, 5) is 27.5. The fourth-order valence-electron chi connectivity index (χ4n) is 3.89. The van der Waals surface area contributed by atoms with E-state index in [1.54, 1.807) is 6.08 Å². The van der Waals surface area contributed by atoms with Crippen LogP contribution in [0.2, 0.25) is 0 Å². The molecule has 6 heteroatoms. The lowest BCUT2D eigenvalue weighted by Gasteiger charge is -2.30. The molecule has 0 bridgehead atoms. The van der Waals surface area contributed by atoms with Gasteiger partial charge < -0.3 is 4.57 Å². The van der Waals surface area contributed by atoms with Crippen molar-refractivity contribution in [3.8, 4) is 5.69 Å². The van der Waals surface area contributed by atoms with Crippen LogP contribution in [0.1, 0.15) is 27.9 Å². The summed E-state index contributed by atoms with van der Waals surface area (Å²) >= 11 is 5.33. The van der Waals surface area contributed by atoms with E-state index < -0.39 is 11.8 Å². The number of aryl methyl sites for hydroxylation is 4. The molecule has 1 fully saturated rings. The third kappa shape index (κ3) is 3.82. The lowest BCUT2D eigenvalue weighted by atomic mass is 10.1. The number of benzene rings is 2. The van der Waals surface area contributed by atoms with E-state index in [1.807, 2.05) is 80.9 Å². The summed E-state index contributed by atoms with van der Waals surface area (Å²) in [6, 6.07) is 15.7. The predicted molar refractivity (Wildman–Crippen MR) is 127 cm³/mol. The van der Waals surface area contributed by atoms with E-state index >= 15 is 0 Å². The molecule has 1 aliphatic rings. The number of nitrogens with one attached hydrogen (secondary N) is 1. The van der Waals surface area contributed by atoms with Crippen molar-refractivity contribution in [3.05, 3.63) is 88.2 Å². The maximum Gasteiger partial charge on any atom is 0.270 e. The number of nitrogens with zero attached hydrogens (tertiary/aromatic N) is 2. The number of carbonyl (C=O) groups excluding carboxylic acids is 2. The Kier molecular flexibility index (Phi) is 5.33. The van der Waals surface area contributed by atoms with Crippen LogP contribution >= 0.6 is 12.2 Å². The molecule has 2 amide bonds. The second-order valence-electron chi connectivity index (χ2n) is 7.84. The summed E-state index contributed by atoms with van der Waals surface area (Å²) in [6.45, 7) is 7.99. The summed E-state index contributed by atoms with van der Waals surface area (Å²) in [5, 5.41) is 2.75. The van der Waals surface area contributed by atoms with Crippen LogP contribution in [0.5, 0.6) is 0 Å². The van der Waals surface area contributed by atoms with Gasteiger partial charge in [-0.15, -0.1) is 0 Å². The molecule has 1 saturated heterocycles. The lowest BCUT2D eigenvalue weighted by molar-refractivity contribution is -0.122. The number of hydrogen-bond donors (Lipinski definition) is 1. The smallest absolute Gasteiger partial charge is 0.270 e. The second-order valence-corrected chi connectivity index (χ2v) is 8.23. The van der Waals surface area contributed by atoms with E-state index in [9.17, 15) is 9.59 Å². The second kappa shape index (κ2) is 7.96. The first-order chi connectivity index (χ1) is 14.8. The third-order valence-electron chi connectivity index (χ3n) is 5.38. The van der Waals surface area contributed by atoms with E-state index in [1.165, 1.54) is 10.5 Å². The topological polar surface area (TPSA) is 54.3 Å². The fourth-order valence-corrected chi connectivity index (χ4v) is 4.16. The van der Waals surface area contributed by atoms with Gasteiger partial charge in [0.05, 0.1) is 5.69 Å². The van der Waals surface area contributed by atoms with E-state index in [4.69, 9.17) is 12.2 Å². The zero-order valence-electron chi connectivity index (χ0n) is 17.9. The minimum absolute atomic E-state index is 0.0401. The first-order valence-electron chi connectivity index (χ1n) is 10.00. The molecule has 0 aliphatic carbocycles. The van der Waals surface area contributed by atoms with Crippen LogP contribution in [0.15, 0.2) is 60.3 Å². The van der Waals surface area contributed by atoms with Crippen LogP contribution in [0.3, 0.4) is 0 Å². The van der Waals surface area contributed by atoms with Gasteiger partial charge in [0.1, 0.15) is 5.57 Å². The molecule has 1 N–H and O–H groups in total. The zero-order chi connectivity index (χ0) is 22.3. The Bertz CT molecular complexity index is 1270. The number of aromatic nitrogens is 1. The molecule has 0 radical (unpaired) electrons. The molecule has 0 unspecified atom stereocenters. The van der Waals surface area contributed by atoms with Gasteiger partial charge in [0, 0.05) is 17.6 Å². The first-order valence-corrected chi connectivity index (χ1v) is 10.4. The van der Waals surface area contributed by atoms with Gasteiger partial charge in [-0.05, 0) is 81.4 Å². The highest BCUT2D eigenvalue weighted by molar-refractivity contribution is 7.80. The van der Waals surface area contributed by atoms with E-state index in [0.717, 1.165) is 28.1 Å². The Hall–Kier alpha value is -3.51. The summed E-state index contributed by atoms with van der Waals surface area (Å²) in [6.07, 6.45) is 3.54. The average molecular weight is 430 g/mol. The Morgan fingerprint density at radius 3 is 2.10 bits per heavy atom. The quantitative estimate of drug-likeness (QED) is 0.378. The average Bonchev–Trinajstić information content (AvgIpc) is 3.14. The van der Waals surface area contributed by atoms with Gasteiger partial charge in [-0.1, -0.05) is 35.4 Å². The molecule has 2 heterocycles. The van der Waals surface area contributed by atoms with Gasteiger partial charge in [0.15, 0.2) is 5.11 Å². The number of thiocarbonyl (C=S) groups is 1. The van der Waals surface area contributed by atoms with Crippen molar-refractivity contribution in [1.29, 1.82) is 0 Å². The van der Waals surface area contributed by atoms with Gasteiger partial charge in [-0.25, -0.2) is 0 Å². The number of hydrogen-bond acceptors (Lipinski definition) is 3. The molecule has 31 heavy (non-hydrogen) atoms. The molecule has 156 valence electrons. The molecule has 0 saturated carbocycles. The van der Waals surface area contributed by atoms with Crippen molar-refractivity contribution in [2.24, 2.45) is 0 Å². The SMILES string of the molecule is Cc1ccc(N2C(=O)/C(=C\c3cccn3-c3ccc(C)cc3C)C(=O)NC2=S)c(C)c1. The van der Waals surface area contributed by atoms with Gasteiger partial charge in [-0.3, -0.25) is 19.8 Å². The molecule has 0 atom stereocenters. The highest BCUT2D eigenvalue weighted by atomic mass is 32.1. The van der Waals surface area contributed by atoms with Crippen LogP contribution in [0, 0.1) is 27.7 Å². The van der Waals surface area contributed by atoms with Crippen LogP contribution in [0.25, 0.3) is 11.8 Å². The summed E-state index contributed by atoms with van der Waals surface area (Å²) in [7, 11) is 0. The Morgan fingerprint density at radius 1 is 0.871 bits per heavy atom. The standard InChI is InChI=1S/C25H23N3O2S/c1-15-7-9-21(17(3)12-15)27-11-5-6-19(27)14-20-23(29)26-25(31)28(24(20)30)22-10-8-16(2)13-18(22)4/h5-14H,1-4H3,(H,26,29,31)/b20-14-. The van der Waals surface area contributed by atoms with Gasteiger partial charge in [0.2, 0.25) is 0 Å². The molecule has 5 nitrogen and oxygen atoms in total. The van der Waals surface area contributed by atoms with E-state index in [2.05, 4.69) is 11.4 Å². The molecule has 2 aromatic carbocycles. The minimum Gasteiger partial charge on any atom is -0.317 e. The van der Waals surface area contributed by atoms with Crippen LogP contribution in [-0.2, 0) is 9.59 Å². The highest BCUT2D eigenvalue weighted by Gasteiger charge is 2.35. The maximum absolute atomic E-state index is 13.4. The number of carbonyl (C=O) groups is 2. The van der Waals surface area contributed by atoms with Crippen LogP contribution in [-0.4, -0.2) is 21.5 Å². The molecule has 1 aliphatic heterocycles. The van der Waals surface area contributed by atoms with E-state index in [-0.39, 0.29) is 10.7 Å². The van der Waals surface area contributed by atoms with Crippen molar-refractivity contribution in [3.63, 3.8) is 0 Å². The van der Waals surface area contributed by atoms with Crippen molar-refractivity contribution in [2.45, 2.75) is 27.7 Å². The van der Waals surface area contributed by atoms with Crippen molar-refractivity contribution >= 4 is 40.9 Å². The number of amides is 2. The fraction of sp³-hybridized carbons (Fsp3) is 0.160. The van der Waals surface area contributed by atoms with Crippen molar-refractivity contribution in [1.82, 2.24) is 9.88 Å². The Morgan fingerprint density at radius 2 is 1.48 bits per heavy atom. The van der Waals surface area contributed by atoms with Crippen molar-refractivity contribution < 1.29 is 9.59 Å². The largest absolute Gasteiger partial charge is 0.317 e. The third-order valence-corrected chi connectivity index (χ3v) is 5.66. The van der Waals surface area contributed by atoms with Crippen LogP contribution in [0.4, 0.5) is 5.69 Å². The molecule has 4 rings (SSSR count). The van der Waals surface area contributed by atoms with Crippen molar-refractivity contribution in [2.75, 3.05) is 4.90 Å². The molecular weight excluding hydrogens is 406 g/mol. The summed E-state index contributed by atoms with van der Waals surface area (Å²) in [5.74, 6) is -0.932. The summed E-state index contributed by atoms with van der Waals surface area (Å²) < 4.78 is 1.97. The predicted octanol–water partition coefficient (Wildman–Crippen LogP) is 4.54. The van der Waals surface area contributed by atoms with Gasteiger partial charge >= 0.3 is 0 Å². The first kappa shape index (κ1) is 20.8. The Labute approximate surface area is 187 Å². The number of anilines is 1. The van der Waals surface area contributed by atoms with Gasteiger partial charge in [0.25, 0.3) is 11.8 Å². The number of rotatable bonds is 3.